The number of carboxylic acids is 1. The molecular weight excluding hydrogens is 252 g/mol. The van der Waals surface area contributed by atoms with E-state index in [2.05, 4.69) is 9.97 Å². The second-order valence-corrected chi connectivity index (χ2v) is 3.95. The smallest absolute Gasteiger partial charge is 0.328 e. The summed E-state index contributed by atoms with van der Waals surface area (Å²) in [6.07, 6.45) is 5.61. The molecule has 0 atom stereocenters. The van der Waals surface area contributed by atoms with Gasteiger partial charge in [-0.15, -0.1) is 0 Å². The van der Waals surface area contributed by atoms with Crippen LogP contribution in [-0.4, -0.2) is 21.0 Å². The highest BCUT2D eigenvalue weighted by molar-refractivity contribution is 6.30. The first-order chi connectivity index (χ1) is 8.65. The molecule has 0 aliphatic rings. The van der Waals surface area contributed by atoms with Gasteiger partial charge in [0, 0.05) is 34.6 Å². The maximum atomic E-state index is 10.4. The van der Waals surface area contributed by atoms with Crippen LogP contribution in [-0.2, 0) is 4.79 Å². The van der Waals surface area contributed by atoms with E-state index in [1.54, 1.807) is 24.5 Å². The maximum Gasteiger partial charge on any atom is 0.328 e. The average molecular weight is 261 g/mol. The summed E-state index contributed by atoms with van der Waals surface area (Å²) in [5, 5.41) is 9.15. The van der Waals surface area contributed by atoms with E-state index in [9.17, 15) is 4.79 Å². The van der Waals surface area contributed by atoms with Crippen molar-refractivity contribution in [3.63, 3.8) is 0 Å². The Morgan fingerprint density at radius 3 is 2.33 bits per heavy atom. The van der Waals surface area contributed by atoms with E-state index in [4.69, 9.17) is 16.7 Å². The Kier molecular flexibility index (Phi) is 3.69. The number of benzene rings is 1. The lowest BCUT2D eigenvalue weighted by molar-refractivity contribution is -0.131. The van der Waals surface area contributed by atoms with E-state index in [0.29, 0.717) is 16.4 Å². The zero-order valence-electron chi connectivity index (χ0n) is 9.25. The molecule has 1 aromatic carbocycles. The van der Waals surface area contributed by atoms with Crippen LogP contribution in [0.15, 0.2) is 42.7 Å². The Hall–Kier alpha value is -2.20. The van der Waals surface area contributed by atoms with Gasteiger partial charge in [-0.3, -0.25) is 0 Å². The second-order valence-electron chi connectivity index (χ2n) is 3.52. The summed E-state index contributed by atoms with van der Waals surface area (Å²) in [5.74, 6) is -0.434. The fourth-order valence-electron chi connectivity index (χ4n) is 1.34. The number of aliphatic carboxylic acids is 1. The molecule has 0 radical (unpaired) electrons. The minimum atomic E-state index is -1.00. The van der Waals surface area contributed by atoms with Crippen LogP contribution in [0.1, 0.15) is 5.56 Å². The van der Waals surface area contributed by atoms with Gasteiger partial charge in [0.2, 0.25) is 0 Å². The number of hydrogen-bond donors (Lipinski definition) is 1. The van der Waals surface area contributed by atoms with Crippen molar-refractivity contribution in [3.05, 3.63) is 53.3 Å². The molecule has 0 saturated heterocycles. The summed E-state index contributed by atoms with van der Waals surface area (Å²) in [5.41, 5.74) is 1.49. The Labute approximate surface area is 109 Å². The Bertz CT molecular complexity index is 577. The number of nitrogens with zero attached hydrogens (tertiary/aromatic N) is 2. The summed E-state index contributed by atoms with van der Waals surface area (Å²) < 4.78 is 0. The van der Waals surface area contributed by atoms with Crippen LogP contribution in [0.3, 0.4) is 0 Å². The molecule has 0 saturated carbocycles. The quantitative estimate of drug-likeness (QED) is 0.862. The first-order valence-electron chi connectivity index (χ1n) is 5.14. The molecule has 0 spiro atoms. The van der Waals surface area contributed by atoms with E-state index in [0.717, 1.165) is 11.6 Å². The van der Waals surface area contributed by atoms with Gasteiger partial charge in [-0.25, -0.2) is 14.8 Å². The van der Waals surface area contributed by atoms with Gasteiger partial charge in [0.15, 0.2) is 5.82 Å². The van der Waals surface area contributed by atoms with Gasteiger partial charge >= 0.3 is 5.97 Å². The van der Waals surface area contributed by atoms with Crippen LogP contribution >= 0.6 is 11.6 Å². The van der Waals surface area contributed by atoms with Crippen LogP contribution in [0.5, 0.6) is 0 Å². The number of hydrogen-bond acceptors (Lipinski definition) is 3. The molecule has 18 heavy (non-hydrogen) atoms. The monoisotopic (exact) mass is 260 g/mol. The molecule has 0 unspecified atom stereocenters. The zero-order chi connectivity index (χ0) is 13.0. The molecule has 2 aromatic rings. The maximum absolute atomic E-state index is 10.4. The third kappa shape index (κ3) is 3.15. The lowest BCUT2D eigenvalue weighted by Crippen LogP contribution is -1.90. The highest BCUT2D eigenvalue weighted by atomic mass is 35.5. The van der Waals surface area contributed by atoms with Crippen molar-refractivity contribution in [2.45, 2.75) is 0 Å². The number of carbonyl (C=O) groups is 1. The van der Waals surface area contributed by atoms with Gasteiger partial charge in [-0.1, -0.05) is 11.6 Å². The molecular formula is C13H9ClN2O2. The van der Waals surface area contributed by atoms with Crippen molar-refractivity contribution in [3.8, 4) is 11.4 Å². The van der Waals surface area contributed by atoms with E-state index in [-0.39, 0.29) is 0 Å². The standard InChI is InChI=1S/C13H9ClN2O2/c14-11-4-2-10(3-5-11)13-15-7-9(8-16-13)1-6-12(17)18/h1-8H,(H,17,18)/b6-1+. The molecule has 1 heterocycles. The predicted molar refractivity (Wildman–Crippen MR) is 69.1 cm³/mol. The minimum Gasteiger partial charge on any atom is -0.478 e. The fraction of sp³-hybridized carbons (Fsp3) is 0. The fourth-order valence-corrected chi connectivity index (χ4v) is 1.47. The highest BCUT2D eigenvalue weighted by Crippen LogP contribution is 2.17. The minimum absolute atomic E-state index is 0.569. The Morgan fingerprint density at radius 2 is 1.78 bits per heavy atom. The van der Waals surface area contributed by atoms with Crippen molar-refractivity contribution in [2.24, 2.45) is 0 Å². The average Bonchev–Trinajstić information content (AvgIpc) is 2.38. The van der Waals surface area contributed by atoms with Crippen molar-refractivity contribution >= 4 is 23.6 Å². The third-order valence-corrected chi connectivity index (χ3v) is 2.44. The van der Waals surface area contributed by atoms with Gasteiger partial charge in [-0.05, 0) is 30.3 Å². The molecule has 0 aliphatic carbocycles. The Morgan fingerprint density at radius 1 is 1.17 bits per heavy atom. The number of halogens is 1. The van der Waals surface area contributed by atoms with Gasteiger partial charge in [0.1, 0.15) is 0 Å². The Balaban J connectivity index is 2.22. The van der Waals surface area contributed by atoms with Crippen LogP contribution in [0.2, 0.25) is 5.02 Å². The SMILES string of the molecule is O=C(O)/C=C/c1cnc(-c2ccc(Cl)cc2)nc1. The molecule has 2 rings (SSSR count). The first-order valence-corrected chi connectivity index (χ1v) is 5.52. The largest absolute Gasteiger partial charge is 0.478 e. The summed E-state index contributed by atoms with van der Waals surface area (Å²) in [6, 6.07) is 7.17. The summed E-state index contributed by atoms with van der Waals surface area (Å²) in [7, 11) is 0. The molecule has 1 N–H and O–H groups in total. The van der Waals surface area contributed by atoms with E-state index in [1.165, 1.54) is 6.08 Å². The van der Waals surface area contributed by atoms with Crippen LogP contribution in [0.4, 0.5) is 0 Å². The zero-order valence-corrected chi connectivity index (χ0v) is 10.0. The van der Waals surface area contributed by atoms with Crippen molar-refractivity contribution in [1.29, 1.82) is 0 Å². The van der Waals surface area contributed by atoms with Crippen molar-refractivity contribution in [2.75, 3.05) is 0 Å². The van der Waals surface area contributed by atoms with Crippen LogP contribution in [0.25, 0.3) is 17.5 Å². The molecule has 1 aromatic heterocycles. The third-order valence-electron chi connectivity index (χ3n) is 2.19. The van der Waals surface area contributed by atoms with Gasteiger partial charge in [-0.2, -0.15) is 0 Å². The molecule has 0 fully saturated rings. The summed E-state index contributed by atoms with van der Waals surface area (Å²) >= 11 is 5.79. The van der Waals surface area contributed by atoms with Crippen LogP contribution in [0, 0.1) is 0 Å². The molecule has 0 bridgehead atoms. The molecule has 0 amide bonds. The van der Waals surface area contributed by atoms with Crippen molar-refractivity contribution < 1.29 is 9.90 Å². The number of rotatable bonds is 3. The number of carboxylic acid groups (broad SMARTS) is 1. The van der Waals surface area contributed by atoms with Crippen LogP contribution < -0.4 is 0 Å². The highest BCUT2D eigenvalue weighted by Gasteiger charge is 2.00. The van der Waals surface area contributed by atoms with E-state index >= 15 is 0 Å². The molecule has 5 heteroatoms. The van der Waals surface area contributed by atoms with E-state index < -0.39 is 5.97 Å². The topological polar surface area (TPSA) is 63.1 Å². The van der Waals surface area contributed by atoms with E-state index in [1.807, 2.05) is 12.1 Å². The second kappa shape index (κ2) is 5.42. The summed E-state index contributed by atoms with van der Waals surface area (Å²) in [6.45, 7) is 0. The lowest BCUT2D eigenvalue weighted by atomic mass is 10.2. The normalized spacial score (nSPS) is 10.7. The first kappa shape index (κ1) is 12.3. The molecule has 0 aliphatic heterocycles. The molecule has 90 valence electrons. The van der Waals surface area contributed by atoms with Gasteiger partial charge in [0.05, 0.1) is 0 Å². The lowest BCUT2D eigenvalue weighted by Gasteiger charge is -2.00. The van der Waals surface area contributed by atoms with Gasteiger partial charge < -0.3 is 5.11 Å². The predicted octanol–water partition coefficient (Wildman–Crippen LogP) is 2.89. The molecule has 4 nitrogen and oxygen atoms in total. The van der Waals surface area contributed by atoms with Gasteiger partial charge in [0.25, 0.3) is 0 Å². The number of aromatic nitrogens is 2. The van der Waals surface area contributed by atoms with Crippen molar-refractivity contribution in [1.82, 2.24) is 9.97 Å². The summed E-state index contributed by atoms with van der Waals surface area (Å²) in [4.78, 5) is 18.7.